The summed E-state index contributed by atoms with van der Waals surface area (Å²) in [7, 11) is 0. The molecule has 1 atom stereocenters. The van der Waals surface area contributed by atoms with Crippen LogP contribution in [0.4, 0.5) is 14.9 Å². The first-order valence-corrected chi connectivity index (χ1v) is 9.25. The molecule has 0 fully saturated rings. The number of fused-ring (bicyclic) bond motifs is 1. The summed E-state index contributed by atoms with van der Waals surface area (Å²) in [4.78, 5) is 30.4. The maximum atomic E-state index is 13.5. The number of urea groups is 1. The van der Waals surface area contributed by atoms with Crippen molar-refractivity contribution in [1.82, 2.24) is 30.0 Å². The van der Waals surface area contributed by atoms with E-state index in [2.05, 4.69) is 30.4 Å². The summed E-state index contributed by atoms with van der Waals surface area (Å²) in [6, 6.07) is 8.35. The first kappa shape index (κ1) is 18.0. The number of hydrogen-bond donors (Lipinski definition) is 2. The van der Waals surface area contributed by atoms with Gasteiger partial charge in [-0.15, -0.1) is 0 Å². The van der Waals surface area contributed by atoms with Gasteiger partial charge in [-0.3, -0.25) is 4.98 Å². The lowest BCUT2D eigenvalue weighted by atomic mass is 10.0. The van der Waals surface area contributed by atoms with Crippen LogP contribution in [0.1, 0.15) is 23.3 Å². The maximum Gasteiger partial charge on any atom is 0.322 e. The summed E-state index contributed by atoms with van der Waals surface area (Å²) in [6.45, 7) is 0.272. The van der Waals surface area contributed by atoms with Crippen LogP contribution in [-0.4, -0.2) is 36.0 Å². The quantitative estimate of drug-likeness (QED) is 0.541. The molecule has 1 aliphatic rings. The van der Waals surface area contributed by atoms with Gasteiger partial charge in [-0.05, 0) is 30.3 Å². The summed E-state index contributed by atoms with van der Waals surface area (Å²) in [5.74, 6) is 0.272. The number of nitrogens with one attached hydrogen (secondary N) is 2. The number of carbonyl (C=O) groups is 1. The molecule has 0 saturated heterocycles. The molecule has 1 aliphatic heterocycles. The van der Waals surface area contributed by atoms with Crippen LogP contribution >= 0.6 is 0 Å². The summed E-state index contributed by atoms with van der Waals surface area (Å²) in [6.07, 6.45) is 5.28. The molecule has 3 aromatic heterocycles. The number of pyridine rings is 1. The fourth-order valence-corrected chi connectivity index (χ4v) is 3.42. The Morgan fingerprint density at radius 3 is 2.97 bits per heavy atom. The van der Waals surface area contributed by atoms with Crippen LogP contribution in [0.5, 0.6) is 0 Å². The number of nitrogens with zero attached hydrogens (tertiary/aromatic N) is 5. The van der Waals surface area contributed by atoms with Gasteiger partial charge in [0.1, 0.15) is 11.9 Å². The number of imidazole rings is 1. The van der Waals surface area contributed by atoms with Crippen molar-refractivity contribution in [3.05, 3.63) is 78.2 Å². The molecule has 4 heterocycles. The van der Waals surface area contributed by atoms with Gasteiger partial charge in [-0.1, -0.05) is 11.2 Å². The average Bonchev–Trinajstić information content (AvgIpc) is 3.43. The highest BCUT2D eigenvalue weighted by atomic mass is 19.1. The van der Waals surface area contributed by atoms with Gasteiger partial charge in [0.15, 0.2) is 0 Å². The van der Waals surface area contributed by atoms with Crippen molar-refractivity contribution in [2.24, 2.45) is 0 Å². The van der Waals surface area contributed by atoms with Gasteiger partial charge >= 0.3 is 6.03 Å². The number of anilines is 1. The van der Waals surface area contributed by atoms with E-state index in [1.165, 1.54) is 18.2 Å². The van der Waals surface area contributed by atoms with Crippen molar-refractivity contribution in [2.75, 3.05) is 5.32 Å². The molecule has 9 nitrogen and oxygen atoms in total. The van der Waals surface area contributed by atoms with E-state index in [9.17, 15) is 9.18 Å². The third-order valence-electron chi connectivity index (χ3n) is 4.90. The Hall–Kier alpha value is -4.08. The number of halogens is 1. The Morgan fingerprint density at radius 2 is 2.13 bits per heavy atom. The van der Waals surface area contributed by atoms with Gasteiger partial charge in [-0.25, -0.2) is 14.2 Å². The fourth-order valence-electron chi connectivity index (χ4n) is 3.42. The number of hydrogen-bond acceptors (Lipinski definition) is 6. The minimum absolute atomic E-state index is 0.272. The Balaban J connectivity index is 1.45. The van der Waals surface area contributed by atoms with Crippen LogP contribution in [-0.2, 0) is 13.0 Å². The van der Waals surface area contributed by atoms with Crippen molar-refractivity contribution in [1.29, 1.82) is 0 Å². The summed E-state index contributed by atoms with van der Waals surface area (Å²) < 4.78 is 19.0. The van der Waals surface area contributed by atoms with E-state index in [0.29, 0.717) is 23.8 Å². The molecule has 0 spiro atoms. The fraction of sp³-hybridized carbons (Fsp3) is 0.150. The van der Waals surface area contributed by atoms with E-state index in [0.717, 1.165) is 17.0 Å². The Kier molecular flexibility index (Phi) is 4.43. The predicted molar refractivity (Wildman–Crippen MR) is 104 cm³/mol. The zero-order valence-electron chi connectivity index (χ0n) is 15.6. The van der Waals surface area contributed by atoms with E-state index in [-0.39, 0.29) is 6.54 Å². The van der Waals surface area contributed by atoms with Gasteiger partial charge in [0.05, 0.1) is 24.3 Å². The van der Waals surface area contributed by atoms with Gasteiger partial charge in [0, 0.05) is 30.1 Å². The highest BCUT2D eigenvalue weighted by Gasteiger charge is 2.36. The van der Waals surface area contributed by atoms with E-state index in [1.54, 1.807) is 41.8 Å². The van der Waals surface area contributed by atoms with Crippen LogP contribution < -0.4 is 5.32 Å². The number of aromatic amines is 1. The Labute approximate surface area is 170 Å². The standard InChI is InChI=1S/C20H16FN7O2/c21-13-2-1-3-14(8-13)25-20(29)28-10-16-15(23-11-24-16)9-17(28)19-26-18(27-30-19)12-4-6-22-7-5-12/h1-8,11,17H,9-10H2,(H,23,24)(H,25,29)/t17-/m0/s1. The molecule has 0 radical (unpaired) electrons. The molecule has 0 bridgehead atoms. The van der Waals surface area contributed by atoms with Crippen molar-refractivity contribution in [3.8, 4) is 11.4 Å². The second-order valence-electron chi connectivity index (χ2n) is 6.81. The normalized spacial score (nSPS) is 15.6. The molecule has 5 rings (SSSR count). The van der Waals surface area contributed by atoms with E-state index < -0.39 is 17.9 Å². The minimum Gasteiger partial charge on any atom is -0.347 e. The average molecular weight is 405 g/mol. The number of aromatic nitrogens is 5. The predicted octanol–water partition coefficient (Wildman–Crippen LogP) is 3.33. The maximum absolute atomic E-state index is 13.5. The Bertz CT molecular complexity index is 1190. The molecule has 0 unspecified atom stereocenters. The Morgan fingerprint density at radius 1 is 1.27 bits per heavy atom. The van der Waals surface area contributed by atoms with Crippen molar-refractivity contribution in [3.63, 3.8) is 0 Å². The molecule has 0 aliphatic carbocycles. The van der Waals surface area contributed by atoms with Crippen LogP contribution in [0.15, 0.2) is 59.6 Å². The van der Waals surface area contributed by atoms with Crippen LogP contribution in [0.2, 0.25) is 0 Å². The van der Waals surface area contributed by atoms with Gasteiger partial charge < -0.3 is 19.7 Å². The van der Waals surface area contributed by atoms with Crippen molar-refractivity contribution in [2.45, 2.75) is 19.0 Å². The first-order chi connectivity index (χ1) is 14.7. The molecule has 2 amide bonds. The lowest BCUT2D eigenvalue weighted by molar-refractivity contribution is 0.155. The zero-order valence-corrected chi connectivity index (χ0v) is 15.6. The molecule has 30 heavy (non-hydrogen) atoms. The van der Waals surface area contributed by atoms with E-state index in [1.807, 2.05) is 0 Å². The number of H-pyrrole nitrogens is 1. The molecule has 1 aromatic carbocycles. The SMILES string of the molecule is O=C(Nc1cccc(F)c1)N1Cc2[nH]cnc2C[C@H]1c1nc(-c2ccncc2)no1. The van der Waals surface area contributed by atoms with E-state index >= 15 is 0 Å². The molecule has 0 saturated carbocycles. The second-order valence-corrected chi connectivity index (χ2v) is 6.81. The topological polar surface area (TPSA) is 113 Å². The molecular formula is C20H16FN7O2. The zero-order chi connectivity index (χ0) is 20.5. The lowest BCUT2D eigenvalue weighted by Crippen LogP contribution is -2.41. The summed E-state index contributed by atoms with van der Waals surface area (Å²) in [5.41, 5.74) is 2.78. The number of rotatable bonds is 3. The van der Waals surface area contributed by atoms with Crippen LogP contribution in [0.25, 0.3) is 11.4 Å². The van der Waals surface area contributed by atoms with Crippen LogP contribution in [0, 0.1) is 5.82 Å². The second kappa shape index (κ2) is 7.39. The van der Waals surface area contributed by atoms with Gasteiger partial charge in [0.25, 0.3) is 0 Å². The number of benzene rings is 1. The van der Waals surface area contributed by atoms with Gasteiger partial charge in [0.2, 0.25) is 11.7 Å². The lowest BCUT2D eigenvalue weighted by Gasteiger charge is -2.32. The first-order valence-electron chi connectivity index (χ1n) is 9.25. The van der Waals surface area contributed by atoms with Crippen molar-refractivity contribution >= 4 is 11.7 Å². The van der Waals surface area contributed by atoms with E-state index in [4.69, 9.17) is 4.52 Å². The van der Waals surface area contributed by atoms with Crippen LogP contribution in [0.3, 0.4) is 0 Å². The number of amides is 2. The minimum atomic E-state index is -0.516. The third kappa shape index (κ3) is 3.39. The summed E-state index contributed by atoms with van der Waals surface area (Å²) >= 11 is 0. The highest BCUT2D eigenvalue weighted by Crippen LogP contribution is 2.32. The molecule has 150 valence electrons. The highest BCUT2D eigenvalue weighted by molar-refractivity contribution is 5.89. The largest absolute Gasteiger partial charge is 0.347 e. The molecule has 2 N–H and O–H groups in total. The molecule has 10 heteroatoms. The van der Waals surface area contributed by atoms with Gasteiger partial charge in [-0.2, -0.15) is 4.98 Å². The third-order valence-corrected chi connectivity index (χ3v) is 4.90. The summed E-state index contributed by atoms with van der Waals surface area (Å²) in [5, 5.41) is 6.77. The molecular weight excluding hydrogens is 389 g/mol. The monoisotopic (exact) mass is 405 g/mol. The molecule has 4 aromatic rings. The van der Waals surface area contributed by atoms with Crippen molar-refractivity contribution < 1.29 is 13.7 Å². The smallest absolute Gasteiger partial charge is 0.322 e. The number of carbonyl (C=O) groups excluding carboxylic acids is 1.